The van der Waals surface area contributed by atoms with Crippen LogP contribution in [0.4, 0.5) is 11.8 Å². The van der Waals surface area contributed by atoms with Crippen molar-refractivity contribution >= 4 is 22.8 Å². The van der Waals surface area contributed by atoms with Crippen molar-refractivity contribution in [2.75, 3.05) is 11.5 Å². The molecule has 2 rings (SSSR count). The van der Waals surface area contributed by atoms with E-state index in [1.165, 1.54) is 0 Å². The molecule has 0 aliphatic carbocycles. The predicted molar refractivity (Wildman–Crippen MR) is 52.2 cm³/mol. The summed E-state index contributed by atoms with van der Waals surface area (Å²) in [7, 11) is 0. The largest absolute Gasteiger partial charge is 0.383 e. The number of anilines is 2. The van der Waals surface area contributed by atoms with Crippen molar-refractivity contribution in [1.82, 2.24) is 15.0 Å². The molecule has 2 heterocycles. The fourth-order valence-corrected chi connectivity index (χ4v) is 1.42. The number of nitrogen functional groups attached to an aromatic ring is 2. The lowest BCUT2D eigenvalue weighted by Crippen LogP contribution is -1.99. The van der Waals surface area contributed by atoms with E-state index in [4.69, 9.17) is 11.5 Å². The number of hydrogen-bond acceptors (Lipinski definition) is 4. The summed E-state index contributed by atoms with van der Waals surface area (Å²) in [6.07, 6.45) is 0. The monoisotopic (exact) mass is 177 g/mol. The second-order valence-corrected chi connectivity index (χ2v) is 3.07. The molecule has 0 saturated carbocycles. The van der Waals surface area contributed by atoms with Crippen molar-refractivity contribution in [2.24, 2.45) is 0 Å². The summed E-state index contributed by atoms with van der Waals surface area (Å²) in [4.78, 5) is 11.0. The van der Waals surface area contributed by atoms with Gasteiger partial charge in [-0.25, -0.2) is 0 Å². The van der Waals surface area contributed by atoms with E-state index in [9.17, 15) is 0 Å². The first-order valence-electron chi connectivity index (χ1n) is 3.97. The summed E-state index contributed by atoms with van der Waals surface area (Å²) in [5.74, 6) is 0.635. The molecule has 0 fully saturated rings. The molecule has 0 bridgehead atoms. The van der Waals surface area contributed by atoms with Crippen molar-refractivity contribution < 1.29 is 0 Å². The van der Waals surface area contributed by atoms with E-state index < -0.39 is 0 Å². The van der Waals surface area contributed by atoms with Gasteiger partial charge in [-0.05, 0) is 19.4 Å². The Morgan fingerprint density at radius 3 is 2.54 bits per heavy atom. The first kappa shape index (κ1) is 7.85. The van der Waals surface area contributed by atoms with Gasteiger partial charge in [-0.3, -0.25) is 0 Å². The lowest BCUT2D eigenvalue weighted by atomic mass is 10.2. The van der Waals surface area contributed by atoms with Crippen molar-refractivity contribution in [3.63, 3.8) is 0 Å². The Labute approximate surface area is 75.2 Å². The highest BCUT2D eigenvalue weighted by Gasteiger charge is 2.10. The van der Waals surface area contributed by atoms with E-state index in [0.717, 1.165) is 16.6 Å². The third kappa shape index (κ3) is 1.00. The number of hydrogen-bond donors (Lipinski definition) is 3. The number of H-pyrrole nitrogens is 1. The Kier molecular flexibility index (Phi) is 1.42. The number of aromatic amines is 1. The third-order valence-electron chi connectivity index (χ3n) is 2.20. The van der Waals surface area contributed by atoms with Crippen molar-refractivity contribution in [1.29, 1.82) is 0 Å². The van der Waals surface area contributed by atoms with Gasteiger partial charge in [0.2, 0.25) is 5.95 Å². The fourth-order valence-electron chi connectivity index (χ4n) is 1.42. The van der Waals surface area contributed by atoms with Crippen molar-refractivity contribution in [3.05, 3.63) is 11.3 Å². The standard InChI is InChI=1S/C8H11N5/c1-3-4(2)11-7-5(3)6(9)12-8(10)13-7/h1-2H3,(H5,9,10,11,12,13). The minimum absolute atomic E-state index is 0.200. The van der Waals surface area contributed by atoms with E-state index >= 15 is 0 Å². The molecular weight excluding hydrogens is 166 g/mol. The van der Waals surface area contributed by atoms with Gasteiger partial charge in [0.05, 0.1) is 5.39 Å². The van der Waals surface area contributed by atoms with Crippen LogP contribution in [0.1, 0.15) is 11.3 Å². The fraction of sp³-hybridized carbons (Fsp3) is 0.250. The summed E-state index contributed by atoms with van der Waals surface area (Å²) in [6.45, 7) is 3.94. The molecule has 0 aliphatic heterocycles. The topological polar surface area (TPSA) is 93.6 Å². The molecule has 0 aliphatic rings. The molecule has 0 spiro atoms. The Morgan fingerprint density at radius 2 is 1.85 bits per heavy atom. The van der Waals surface area contributed by atoms with Gasteiger partial charge in [0, 0.05) is 5.69 Å². The molecule has 0 atom stereocenters. The molecule has 0 amide bonds. The lowest BCUT2D eigenvalue weighted by Gasteiger charge is -1.97. The van der Waals surface area contributed by atoms with E-state index in [0.29, 0.717) is 11.5 Å². The van der Waals surface area contributed by atoms with Gasteiger partial charge in [0.15, 0.2) is 0 Å². The van der Waals surface area contributed by atoms with Crippen LogP contribution in [0.15, 0.2) is 0 Å². The molecule has 2 aromatic rings. The van der Waals surface area contributed by atoms with Crippen molar-refractivity contribution in [2.45, 2.75) is 13.8 Å². The first-order chi connectivity index (χ1) is 6.09. The van der Waals surface area contributed by atoms with Crippen LogP contribution >= 0.6 is 0 Å². The van der Waals surface area contributed by atoms with E-state index in [1.807, 2.05) is 13.8 Å². The maximum Gasteiger partial charge on any atom is 0.223 e. The Morgan fingerprint density at radius 1 is 1.15 bits per heavy atom. The van der Waals surface area contributed by atoms with Gasteiger partial charge in [-0.1, -0.05) is 0 Å². The average Bonchev–Trinajstić information content (AvgIpc) is 2.27. The summed E-state index contributed by atoms with van der Waals surface area (Å²) in [6, 6.07) is 0. The lowest BCUT2D eigenvalue weighted by molar-refractivity contribution is 1.20. The summed E-state index contributed by atoms with van der Waals surface area (Å²) < 4.78 is 0. The first-order valence-corrected chi connectivity index (χ1v) is 3.97. The summed E-state index contributed by atoms with van der Waals surface area (Å²) in [5.41, 5.74) is 14.0. The molecule has 5 heteroatoms. The van der Waals surface area contributed by atoms with Crippen LogP contribution in [-0.4, -0.2) is 15.0 Å². The third-order valence-corrected chi connectivity index (χ3v) is 2.20. The number of aryl methyl sites for hydroxylation is 2. The normalized spacial score (nSPS) is 10.9. The van der Waals surface area contributed by atoms with Gasteiger partial charge >= 0.3 is 0 Å². The van der Waals surface area contributed by atoms with E-state index in [2.05, 4.69) is 15.0 Å². The average molecular weight is 177 g/mol. The van der Waals surface area contributed by atoms with Crippen LogP contribution in [0.3, 0.4) is 0 Å². The zero-order valence-electron chi connectivity index (χ0n) is 7.55. The van der Waals surface area contributed by atoms with Gasteiger partial charge in [-0.15, -0.1) is 0 Å². The molecule has 0 radical (unpaired) electrons. The highest BCUT2D eigenvalue weighted by atomic mass is 15.1. The number of fused-ring (bicyclic) bond motifs is 1. The molecule has 0 unspecified atom stereocenters. The smallest absolute Gasteiger partial charge is 0.223 e. The minimum Gasteiger partial charge on any atom is -0.383 e. The quantitative estimate of drug-likeness (QED) is 0.553. The molecule has 5 N–H and O–H groups in total. The van der Waals surface area contributed by atoms with Crippen LogP contribution in [0.5, 0.6) is 0 Å². The highest BCUT2D eigenvalue weighted by Crippen LogP contribution is 2.24. The van der Waals surface area contributed by atoms with Crippen LogP contribution in [-0.2, 0) is 0 Å². The second-order valence-electron chi connectivity index (χ2n) is 3.07. The molecule has 5 nitrogen and oxygen atoms in total. The minimum atomic E-state index is 0.200. The van der Waals surface area contributed by atoms with Crippen LogP contribution in [0, 0.1) is 13.8 Å². The van der Waals surface area contributed by atoms with Gasteiger partial charge in [-0.2, -0.15) is 9.97 Å². The molecular formula is C8H11N5. The maximum atomic E-state index is 5.72. The van der Waals surface area contributed by atoms with Crippen molar-refractivity contribution in [3.8, 4) is 0 Å². The van der Waals surface area contributed by atoms with Crippen LogP contribution in [0.2, 0.25) is 0 Å². The van der Waals surface area contributed by atoms with E-state index in [-0.39, 0.29) is 5.95 Å². The number of aromatic nitrogens is 3. The predicted octanol–water partition coefficient (Wildman–Crippen LogP) is 0.739. The maximum absolute atomic E-state index is 5.72. The molecule has 13 heavy (non-hydrogen) atoms. The van der Waals surface area contributed by atoms with Gasteiger partial charge < -0.3 is 16.5 Å². The molecule has 68 valence electrons. The second kappa shape index (κ2) is 2.35. The van der Waals surface area contributed by atoms with E-state index in [1.54, 1.807) is 0 Å². The molecule has 2 aromatic heterocycles. The number of nitrogens with one attached hydrogen (secondary N) is 1. The van der Waals surface area contributed by atoms with Gasteiger partial charge in [0.1, 0.15) is 11.5 Å². The zero-order valence-corrected chi connectivity index (χ0v) is 7.55. The Balaban J connectivity index is 2.94. The Bertz CT molecular complexity index is 471. The highest BCUT2D eigenvalue weighted by molar-refractivity contribution is 5.91. The number of nitrogens with zero attached hydrogens (tertiary/aromatic N) is 2. The Hall–Kier alpha value is -1.78. The van der Waals surface area contributed by atoms with Crippen LogP contribution in [0.25, 0.3) is 11.0 Å². The summed E-state index contributed by atoms with van der Waals surface area (Å²) >= 11 is 0. The summed E-state index contributed by atoms with van der Waals surface area (Å²) in [5, 5.41) is 0.867. The zero-order chi connectivity index (χ0) is 9.59. The van der Waals surface area contributed by atoms with Crippen LogP contribution < -0.4 is 11.5 Å². The number of nitrogens with two attached hydrogens (primary N) is 2. The molecule has 0 saturated heterocycles. The van der Waals surface area contributed by atoms with Gasteiger partial charge in [0.25, 0.3) is 0 Å². The number of rotatable bonds is 0. The SMILES string of the molecule is Cc1[nH]c2nc(N)nc(N)c2c1C. The molecule has 0 aromatic carbocycles.